The van der Waals surface area contributed by atoms with Crippen molar-refractivity contribution >= 4 is 0 Å². The first kappa shape index (κ1) is 15.5. The minimum atomic E-state index is 0.318. The number of nitrogens with one attached hydrogen (secondary N) is 1. The molecule has 0 saturated carbocycles. The van der Waals surface area contributed by atoms with E-state index in [1.165, 1.54) is 16.7 Å². The van der Waals surface area contributed by atoms with E-state index in [1.807, 2.05) is 7.05 Å². The fourth-order valence-corrected chi connectivity index (χ4v) is 2.58. The molecule has 1 nitrogen and oxygen atoms in total. The Labute approximate surface area is 128 Å². The van der Waals surface area contributed by atoms with Crippen molar-refractivity contribution in [2.75, 3.05) is 13.6 Å². The van der Waals surface area contributed by atoms with Crippen LogP contribution in [0.3, 0.4) is 0 Å². The van der Waals surface area contributed by atoms with Gasteiger partial charge in [-0.15, -0.1) is 0 Å². The molecule has 0 aromatic heterocycles. The summed E-state index contributed by atoms with van der Waals surface area (Å²) < 4.78 is 0. The van der Waals surface area contributed by atoms with Gasteiger partial charge in [-0.3, -0.25) is 0 Å². The lowest BCUT2D eigenvalue weighted by Crippen LogP contribution is -2.15. The summed E-state index contributed by atoms with van der Waals surface area (Å²) in [6.07, 6.45) is 2.42. The van der Waals surface area contributed by atoms with Crippen molar-refractivity contribution in [3.63, 3.8) is 0 Å². The lowest BCUT2D eigenvalue weighted by atomic mass is 9.87. The Balaban J connectivity index is 2.44. The van der Waals surface area contributed by atoms with E-state index < -0.39 is 0 Å². The lowest BCUT2D eigenvalue weighted by molar-refractivity contribution is 0.697. The monoisotopic (exact) mass is 279 g/mol. The van der Waals surface area contributed by atoms with Gasteiger partial charge in [0.05, 0.1) is 0 Å². The first-order valence-electron chi connectivity index (χ1n) is 7.67. The molecule has 2 rings (SSSR count). The molecule has 0 bridgehead atoms. The maximum atomic E-state index is 3.29. The quantitative estimate of drug-likeness (QED) is 0.761. The molecule has 0 radical (unpaired) electrons. The third-order valence-electron chi connectivity index (χ3n) is 3.82. The fourth-order valence-electron chi connectivity index (χ4n) is 2.58. The Hall–Kier alpha value is -1.86. The van der Waals surface area contributed by atoms with E-state index in [1.54, 1.807) is 0 Å². The van der Waals surface area contributed by atoms with Gasteiger partial charge >= 0.3 is 0 Å². The standard InChI is InChI=1S/C20H25N/c1-16(2)19(15-21-3)14-20(17-10-6-4-7-11-17)18-12-8-5-9-13-18/h4-14,16,20-21H,15H2,1-3H3/b19-14-. The minimum Gasteiger partial charge on any atom is -0.316 e. The first-order chi connectivity index (χ1) is 10.2. The molecule has 0 aliphatic carbocycles. The number of rotatable bonds is 6. The average molecular weight is 279 g/mol. The van der Waals surface area contributed by atoms with Crippen LogP contribution in [-0.4, -0.2) is 13.6 Å². The average Bonchev–Trinajstić information content (AvgIpc) is 2.53. The SMILES string of the molecule is CNC/C(=C/C(c1ccccc1)c1ccccc1)C(C)C. The smallest absolute Gasteiger partial charge is 0.0272 e. The number of hydrogen-bond donors (Lipinski definition) is 1. The molecular weight excluding hydrogens is 254 g/mol. The van der Waals surface area contributed by atoms with E-state index in [-0.39, 0.29) is 0 Å². The molecule has 2 aromatic rings. The van der Waals surface area contributed by atoms with Gasteiger partial charge in [0.15, 0.2) is 0 Å². The number of allylic oxidation sites excluding steroid dienone is 1. The Morgan fingerprint density at radius 1 is 0.905 bits per heavy atom. The zero-order chi connectivity index (χ0) is 15.1. The molecule has 0 spiro atoms. The maximum Gasteiger partial charge on any atom is 0.0272 e. The van der Waals surface area contributed by atoms with Crippen LogP contribution in [0.2, 0.25) is 0 Å². The molecular formula is C20H25N. The topological polar surface area (TPSA) is 12.0 Å². The number of benzene rings is 2. The molecule has 110 valence electrons. The van der Waals surface area contributed by atoms with E-state index in [2.05, 4.69) is 85.9 Å². The Bertz CT molecular complexity index is 515. The van der Waals surface area contributed by atoms with Gasteiger partial charge in [-0.1, -0.05) is 86.2 Å². The zero-order valence-corrected chi connectivity index (χ0v) is 13.2. The molecule has 0 aliphatic rings. The van der Waals surface area contributed by atoms with Crippen LogP contribution in [0.5, 0.6) is 0 Å². The molecule has 0 saturated heterocycles. The molecule has 21 heavy (non-hydrogen) atoms. The predicted molar refractivity (Wildman–Crippen MR) is 91.6 cm³/mol. The second kappa shape index (κ2) is 7.80. The highest BCUT2D eigenvalue weighted by Crippen LogP contribution is 2.28. The molecule has 0 amide bonds. The summed E-state index contributed by atoms with van der Waals surface area (Å²) in [7, 11) is 2.01. The van der Waals surface area contributed by atoms with Crippen LogP contribution in [0.15, 0.2) is 72.3 Å². The third-order valence-corrected chi connectivity index (χ3v) is 3.82. The van der Waals surface area contributed by atoms with E-state index in [4.69, 9.17) is 0 Å². The van der Waals surface area contributed by atoms with Crippen molar-refractivity contribution in [2.24, 2.45) is 5.92 Å². The number of hydrogen-bond acceptors (Lipinski definition) is 1. The van der Waals surface area contributed by atoms with Crippen LogP contribution in [0.1, 0.15) is 30.9 Å². The van der Waals surface area contributed by atoms with Crippen LogP contribution in [0.4, 0.5) is 0 Å². The Kier molecular flexibility index (Phi) is 5.77. The maximum absolute atomic E-state index is 3.29. The zero-order valence-electron chi connectivity index (χ0n) is 13.2. The second-order valence-electron chi connectivity index (χ2n) is 5.73. The fraction of sp³-hybridized carbons (Fsp3) is 0.300. The third kappa shape index (κ3) is 4.30. The highest BCUT2D eigenvalue weighted by atomic mass is 14.8. The van der Waals surface area contributed by atoms with Gasteiger partial charge in [0.2, 0.25) is 0 Å². The highest BCUT2D eigenvalue weighted by molar-refractivity contribution is 5.38. The van der Waals surface area contributed by atoms with E-state index >= 15 is 0 Å². The van der Waals surface area contributed by atoms with Crippen LogP contribution in [0, 0.1) is 5.92 Å². The summed E-state index contributed by atoms with van der Waals surface area (Å²) in [5.41, 5.74) is 4.14. The van der Waals surface area contributed by atoms with Crippen molar-refractivity contribution in [1.29, 1.82) is 0 Å². The van der Waals surface area contributed by atoms with Gasteiger partial charge < -0.3 is 5.32 Å². The molecule has 0 atom stereocenters. The van der Waals surface area contributed by atoms with Crippen molar-refractivity contribution < 1.29 is 0 Å². The van der Waals surface area contributed by atoms with Crippen molar-refractivity contribution in [3.05, 3.63) is 83.4 Å². The van der Waals surface area contributed by atoms with Crippen LogP contribution in [0.25, 0.3) is 0 Å². The minimum absolute atomic E-state index is 0.318. The van der Waals surface area contributed by atoms with Gasteiger partial charge in [-0.05, 0) is 24.1 Å². The first-order valence-corrected chi connectivity index (χ1v) is 7.67. The summed E-state index contributed by atoms with van der Waals surface area (Å²) in [4.78, 5) is 0. The molecule has 0 aliphatic heterocycles. The van der Waals surface area contributed by atoms with Crippen LogP contribution >= 0.6 is 0 Å². The summed E-state index contributed by atoms with van der Waals surface area (Å²) >= 11 is 0. The lowest BCUT2D eigenvalue weighted by Gasteiger charge is -2.19. The van der Waals surface area contributed by atoms with Crippen molar-refractivity contribution in [3.8, 4) is 0 Å². The molecule has 1 heteroatoms. The number of likely N-dealkylation sites (N-methyl/N-ethyl adjacent to an activating group) is 1. The van der Waals surface area contributed by atoms with Gasteiger partial charge in [0, 0.05) is 12.5 Å². The van der Waals surface area contributed by atoms with Gasteiger partial charge in [-0.25, -0.2) is 0 Å². The van der Waals surface area contributed by atoms with E-state index in [0.29, 0.717) is 11.8 Å². The molecule has 1 N–H and O–H groups in total. The molecule has 2 aromatic carbocycles. The van der Waals surface area contributed by atoms with Gasteiger partial charge in [0.25, 0.3) is 0 Å². The Morgan fingerprint density at radius 3 is 1.76 bits per heavy atom. The molecule has 0 unspecified atom stereocenters. The summed E-state index contributed by atoms with van der Waals surface area (Å²) in [5.74, 6) is 0.866. The van der Waals surface area contributed by atoms with E-state index in [0.717, 1.165) is 6.54 Å². The Morgan fingerprint density at radius 2 is 1.38 bits per heavy atom. The highest BCUT2D eigenvalue weighted by Gasteiger charge is 2.13. The van der Waals surface area contributed by atoms with Crippen LogP contribution in [-0.2, 0) is 0 Å². The van der Waals surface area contributed by atoms with Crippen molar-refractivity contribution in [2.45, 2.75) is 19.8 Å². The van der Waals surface area contributed by atoms with Gasteiger partial charge in [-0.2, -0.15) is 0 Å². The molecule has 0 heterocycles. The van der Waals surface area contributed by atoms with Crippen LogP contribution < -0.4 is 5.32 Å². The largest absolute Gasteiger partial charge is 0.316 e. The summed E-state index contributed by atoms with van der Waals surface area (Å²) in [6, 6.07) is 21.5. The van der Waals surface area contributed by atoms with Crippen molar-refractivity contribution in [1.82, 2.24) is 5.32 Å². The normalized spacial score (nSPS) is 12.1. The predicted octanol–water partition coefficient (Wildman–Crippen LogP) is 4.62. The van der Waals surface area contributed by atoms with E-state index in [9.17, 15) is 0 Å². The van der Waals surface area contributed by atoms with Gasteiger partial charge in [0.1, 0.15) is 0 Å². The summed E-state index contributed by atoms with van der Waals surface area (Å²) in [6.45, 7) is 5.46. The summed E-state index contributed by atoms with van der Waals surface area (Å²) in [5, 5.41) is 3.29. The second-order valence-corrected chi connectivity index (χ2v) is 5.73. The molecule has 0 fully saturated rings.